The summed E-state index contributed by atoms with van der Waals surface area (Å²) in [5.74, 6) is 0.147. The highest BCUT2D eigenvalue weighted by atomic mass is 32.1. The maximum atomic E-state index is 11.5. The first-order valence-electron chi connectivity index (χ1n) is 7.85. The Hall–Kier alpha value is -1.92. The van der Waals surface area contributed by atoms with E-state index in [-0.39, 0.29) is 5.91 Å². The van der Waals surface area contributed by atoms with Crippen molar-refractivity contribution in [2.24, 2.45) is 0 Å². The third kappa shape index (κ3) is 3.89. The molecule has 3 rings (SSSR count). The van der Waals surface area contributed by atoms with E-state index in [4.69, 9.17) is 4.98 Å². The predicted molar refractivity (Wildman–Crippen MR) is 94.8 cm³/mol. The maximum Gasteiger partial charge on any atom is 0.221 e. The molecular formula is C17H22N4OS. The van der Waals surface area contributed by atoms with Gasteiger partial charge in [-0.15, -0.1) is 0 Å². The third-order valence-corrected chi connectivity index (χ3v) is 5.10. The molecule has 1 amide bonds. The molecule has 0 radical (unpaired) electrons. The number of hydrogen-bond donors (Lipinski definition) is 1. The zero-order valence-electron chi connectivity index (χ0n) is 13.6. The fourth-order valence-electron chi connectivity index (χ4n) is 2.63. The summed E-state index contributed by atoms with van der Waals surface area (Å²) >= 11 is 1.73. The number of anilines is 1. The molecule has 0 spiro atoms. The van der Waals surface area contributed by atoms with E-state index in [1.165, 1.54) is 4.88 Å². The van der Waals surface area contributed by atoms with Crippen molar-refractivity contribution in [3.63, 3.8) is 0 Å². The third-order valence-electron chi connectivity index (χ3n) is 3.89. The van der Waals surface area contributed by atoms with Crippen LogP contribution in [0.15, 0.2) is 30.3 Å². The molecule has 0 bridgehead atoms. The fourth-order valence-corrected chi connectivity index (χ4v) is 3.68. The van der Waals surface area contributed by atoms with Gasteiger partial charge in [0.2, 0.25) is 5.91 Å². The second-order valence-electron chi connectivity index (χ2n) is 5.90. The molecule has 1 aliphatic heterocycles. The van der Waals surface area contributed by atoms with Gasteiger partial charge in [0.15, 0.2) is 5.13 Å². The standard InChI is InChI=1S/C17H22N4OS/c1-20(2)17-19-16(13-6-4-3-5-7-13)14(23-17)12-21-10-8-15(22)18-9-11-21/h3-7H,8-12H2,1-2H3,(H,18,22). The van der Waals surface area contributed by atoms with Gasteiger partial charge in [-0.2, -0.15) is 0 Å². The lowest BCUT2D eigenvalue weighted by atomic mass is 10.1. The van der Waals surface area contributed by atoms with Gasteiger partial charge < -0.3 is 10.2 Å². The van der Waals surface area contributed by atoms with Crippen LogP contribution in [0, 0.1) is 0 Å². The second kappa shape index (κ2) is 7.10. The highest BCUT2D eigenvalue weighted by molar-refractivity contribution is 7.16. The molecule has 5 nitrogen and oxygen atoms in total. The normalized spacial score (nSPS) is 16.0. The number of carbonyl (C=O) groups excluding carboxylic acids is 1. The SMILES string of the molecule is CN(C)c1nc(-c2ccccc2)c(CN2CCNC(=O)CC2)s1. The first-order valence-corrected chi connectivity index (χ1v) is 8.66. The Bertz CT molecular complexity index is 668. The minimum Gasteiger partial charge on any atom is -0.355 e. The number of carbonyl (C=O) groups is 1. The molecule has 23 heavy (non-hydrogen) atoms. The zero-order chi connectivity index (χ0) is 16.2. The summed E-state index contributed by atoms with van der Waals surface area (Å²) in [6, 6.07) is 10.3. The van der Waals surface area contributed by atoms with E-state index in [0.29, 0.717) is 6.42 Å². The van der Waals surface area contributed by atoms with E-state index >= 15 is 0 Å². The van der Waals surface area contributed by atoms with Crippen molar-refractivity contribution < 1.29 is 4.79 Å². The molecule has 1 saturated heterocycles. The van der Waals surface area contributed by atoms with Crippen LogP contribution in [0.5, 0.6) is 0 Å². The van der Waals surface area contributed by atoms with Gasteiger partial charge in [-0.25, -0.2) is 4.98 Å². The van der Waals surface area contributed by atoms with E-state index in [1.807, 2.05) is 37.2 Å². The van der Waals surface area contributed by atoms with Crippen molar-refractivity contribution in [3.8, 4) is 11.3 Å². The van der Waals surface area contributed by atoms with Crippen LogP contribution in [-0.2, 0) is 11.3 Å². The Kier molecular flexibility index (Phi) is 4.93. The van der Waals surface area contributed by atoms with Gasteiger partial charge in [0, 0.05) is 57.1 Å². The molecule has 6 heteroatoms. The maximum absolute atomic E-state index is 11.5. The average molecular weight is 330 g/mol. The van der Waals surface area contributed by atoms with E-state index in [9.17, 15) is 4.79 Å². The molecule has 2 heterocycles. The predicted octanol–water partition coefficient (Wildman–Crippen LogP) is 2.20. The summed E-state index contributed by atoms with van der Waals surface area (Å²) in [5.41, 5.74) is 2.21. The van der Waals surface area contributed by atoms with Crippen LogP contribution >= 0.6 is 11.3 Å². The van der Waals surface area contributed by atoms with Gasteiger partial charge >= 0.3 is 0 Å². The van der Waals surface area contributed by atoms with Crippen LogP contribution in [0.4, 0.5) is 5.13 Å². The number of rotatable bonds is 4. The Morgan fingerprint density at radius 1 is 1.26 bits per heavy atom. The summed E-state index contributed by atoms with van der Waals surface area (Å²) in [7, 11) is 4.04. The van der Waals surface area contributed by atoms with Crippen molar-refractivity contribution in [2.45, 2.75) is 13.0 Å². The van der Waals surface area contributed by atoms with E-state index in [1.54, 1.807) is 11.3 Å². The molecule has 1 aromatic carbocycles. The number of hydrogen-bond acceptors (Lipinski definition) is 5. The number of aromatic nitrogens is 1. The van der Waals surface area contributed by atoms with Crippen LogP contribution in [0.3, 0.4) is 0 Å². The highest BCUT2D eigenvalue weighted by Gasteiger charge is 2.19. The molecule has 1 aromatic heterocycles. The summed E-state index contributed by atoms with van der Waals surface area (Å²) < 4.78 is 0. The summed E-state index contributed by atoms with van der Waals surface area (Å²) in [5, 5.41) is 3.95. The molecule has 122 valence electrons. The Morgan fingerprint density at radius 3 is 2.78 bits per heavy atom. The van der Waals surface area contributed by atoms with E-state index < -0.39 is 0 Å². The highest BCUT2D eigenvalue weighted by Crippen LogP contribution is 2.33. The second-order valence-corrected chi connectivity index (χ2v) is 6.97. The van der Waals surface area contributed by atoms with Crippen molar-refractivity contribution in [3.05, 3.63) is 35.2 Å². The summed E-state index contributed by atoms with van der Waals surface area (Å²) in [4.78, 5) is 22.0. The molecule has 0 unspecified atom stereocenters. The van der Waals surface area contributed by atoms with Crippen molar-refractivity contribution >= 4 is 22.4 Å². The smallest absolute Gasteiger partial charge is 0.221 e. The van der Waals surface area contributed by atoms with Crippen LogP contribution < -0.4 is 10.2 Å². The molecule has 0 atom stereocenters. The Morgan fingerprint density at radius 2 is 2.04 bits per heavy atom. The average Bonchev–Trinajstić information content (AvgIpc) is 2.86. The van der Waals surface area contributed by atoms with Crippen molar-refractivity contribution in [1.29, 1.82) is 0 Å². The lowest BCUT2D eigenvalue weighted by Gasteiger charge is -2.18. The van der Waals surface area contributed by atoms with E-state index in [0.717, 1.165) is 42.6 Å². The van der Waals surface area contributed by atoms with Gasteiger partial charge in [-0.05, 0) is 0 Å². The monoisotopic (exact) mass is 330 g/mol. The fraction of sp³-hybridized carbons (Fsp3) is 0.412. The molecular weight excluding hydrogens is 308 g/mol. The van der Waals surface area contributed by atoms with Crippen LogP contribution in [-0.4, -0.2) is 49.5 Å². The minimum atomic E-state index is 0.147. The van der Waals surface area contributed by atoms with E-state index in [2.05, 4.69) is 22.3 Å². The molecule has 0 aliphatic carbocycles. The van der Waals surface area contributed by atoms with Crippen molar-refractivity contribution in [1.82, 2.24) is 15.2 Å². The molecule has 1 N–H and O–H groups in total. The number of nitrogens with zero attached hydrogens (tertiary/aromatic N) is 3. The number of amides is 1. The molecule has 2 aromatic rings. The molecule has 0 saturated carbocycles. The number of nitrogens with one attached hydrogen (secondary N) is 1. The molecule has 1 aliphatic rings. The summed E-state index contributed by atoms with van der Waals surface area (Å²) in [6.07, 6.45) is 0.569. The summed E-state index contributed by atoms with van der Waals surface area (Å²) in [6.45, 7) is 3.24. The first-order chi connectivity index (χ1) is 11.1. The van der Waals surface area contributed by atoms with Crippen LogP contribution in [0.1, 0.15) is 11.3 Å². The van der Waals surface area contributed by atoms with Crippen LogP contribution in [0.2, 0.25) is 0 Å². The van der Waals surface area contributed by atoms with Gasteiger partial charge in [0.25, 0.3) is 0 Å². The Labute approximate surface area is 140 Å². The van der Waals surface area contributed by atoms with Gasteiger partial charge in [-0.3, -0.25) is 9.69 Å². The van der Waals surface area contributed by atoms with Gasteiger partial charge in [0.05, 0.1) is 5.69 Å². The van der Waals surface area contributed by atoms with Gasteiger partial charge in [0.1, 0.15) is 0 Å². The van der Waals surface area contributed by atoms with Gasteiger partial charge in [-0.1, -0.05) is 41.7 Å². The Balaban J connectivity index is 1.86. The molecule has 1 fully saturated rings. The minimum absolute atomic E-state index is 0.147. The quantitative estimate of drug-likeness (QED) is 0.934. The number of benzene rings is 1. The number of thiazole rings is 1. The first kappa shape index (κ1) is 16.0. The topological polar surface area (TPSA) is 48.5 Å². The lowest BCUT2D eigenvalue weighted by molar-refractivity contribution is -0.120. The van der Waals surface area contributed by atoms with Crippen LogP contribution in [0.25, 0.3) is 11.3 Å². The lowest BCUT2D eigenvalue weighted by Crippen LogP contribution is -2.28. The largest absolute Gasteiger partial charge is 0.355 e. The zero-order valence-corrected chi connectivity index (χ0v) is 14.4. The van der Waals surface area contributed by atoms with Crippen molar-refractivity contribution in [2.75, 3.05) is 38.6 Å².